The molecular formula is C32H39BrF6. The van der Waals surface area contributed by atoms with Gasteiger partial charge in [-0.15, -0.1) is 0 Å². The van der Waals surface area contributed by atoms with Crippen LogP contribution in [0, 0.1) is 46.9 Å². The van der Waals surface area contributed by atoms with Gasteiger partial charge in [-0.3, -0.25) is 0 Å². The molecule has 0 nitrogen and oxygen atoms in total. The molecule has 0 radical (unpaired) electrons. The van der Waals surface area contributed by atoms with Gasteiger partial charge in [0.1, 0.15) is 28.8 Å². The molecule has 0 bridgehead atoms. The monoisotopic (exact) mass is 616 g/mol. The average molecular weight is 618 g/mol. The van der Waals surface area contributed by atoms with Gasteiger partial charge in [-0.25, -0.2) is 17.6 Å². The largest absolute Gasteiger partial charge is 0.332 e. The molecule has 0 atom stereocenters. The second-order valence-corrected chi connectivity index (χ2v) is 12.8. The second-order valence-electron chi connectivity index (χ2n) is 11.8. The van der Waals surface area contributed by atoms with Gasteiger partial charge in [0, 0.05) is 0 Å². The van der Waals surface area contributed by atoms with Crippen LogP contribution in [0.25, 0.3) is 11.1 Å². The van der Waals surface area contributed by atoms with Crippen molar-refractivity contribution in [2.45, 2.75) is 102 Å². The van der Waals surface area contributed by atoms with E-state index >= 15 is 0 Å². The summed E-state index contributed by atoms with van der Waals surface area (Å²) in [6.07, 6.45) is 17.0. The highest BCUT2D eigenvalue weighted by molar-refractivity contribution is 9.09. The Morgan fingerprint density at radius 3 is 1.64 bits per heavy atom. The molecule has 0 aliphatic heterocycles. The van der Waals surface area contributed by atoms with Crippen LogP contribution in [0.5, 0.6) is 0 Å². The maximum Gasteiger partial charge on any atom is 0.332 e. The first kappa shape index (κ1) is 30.5. The summed E-state index contributed by atoms with van der Waals surface area (Å²) in [5.74, 6) is -1.97. The summed E-state index contributed by atoms with van der Waals surface area (Å²) < 4.78 is 85.0. The highest BCUT2D eigenvalue weighted by Gasteiger charge is 2.35. The number of unbranched alkanes of at least 4 members (excludes halogenated alkanes) is 2. The molecule has 2 aliphatic rings. The Kier molecular flexibility index (Phi) is 10.5. The molecule has 0 amide bonds. The fourth-order valence-electron chi connectivity index (χ4n) is 6.98. The number of rotatable bonds is 10. The third-order valence-electron chi connectivity index (χ3n) is 9.22. The van der Waals surface area contributed by atoms with Crippen molar-refractivity contribution in [3.8, 4) is 11.1 Å². The SMILES string of the molecule is CCCCCC1CCC(C2CCC(CCc3cc(F)c(-c4cc(F)c(C(F)(F)Br)c(F)c4)c(F)c3)CC2)CC1. The van der Waals surface area contributed by atoms with Crippen molar-refractivity contribution in [3.05, 3.63) is 58.7 Å². The zero-order chi connectivity index (χ0) is 28.2. The lowest BCUT2D eigenvalue weighted by Gasteiger charge is -2.38. The van der Waals surface area contributed by atoms with E-state index in [0.29, 0.717) is 30.0 Å². The lowest BCUT2D eigenvalue weighted by atomic mass is 9.68. The highest BCUT2D eigenvalue weighted by Crippen LogP contribution is 2.44. The topological polar surface area (TPSA) is 0 Å². The Balaban J connectivity index is 1.29. The van der Waals surface area contributed by atoms with E-state index in [2.05, 4.69) is 6.92 Å². The van der Waals surface area contributed by atoms with Crippen molar-refractivity contribution in [2.75, 3.05) is 0 Å². The van der Waals surface area contributed by atoms with Gasteiger partial charge in [-0.05, 0) is 114 Å². The minimum absolute atomic E-state index is 0.458. The van der Waals surface area contributed by atoms with E-state index in [-0.39, 0.29) is 0 Å². The Morgan fingerprint density at radius 2 is 1.18 bits per heavy atom. The summed E-state index contributed by atoms with van der Waals surface area (Å²) in [7, 11) is 0. The maximum atomic E-state index is 14.9. The minimum Gasteiger partial charge on any atom is -0.206 e. The van der Waals surface area contributed by atoms with Crippen LogP contribution in [0.4, 0.5) is 26.3 Å². The molecule has 0 spiro atoms. The van der Waals surface area contributed by atoms with Gasteiger partial charge in [-0.1, -0.05) is 58.3 Å². The van der Waals surface area contributed by atoms with Crippen LogP contribution in [0.2, 0.25) is 0 Å². The summed E-state index contributed by atoms with van der Waals surface area (Å²) in [6.45, 7) is 2.26. The first-order valence-corrected chi connectivity index (χ1v) is 15.4. The van der Waals surface area contributed by atoms with Gasteiger partial charge in [0.15, 0.2) is 0 Å². The molecule has 2 fully saturated rings. The van der Waals surface area contributed by atoms with E-state index in [1.807, 2.05) is 15.9 Å². The van der Waals surface area contributed by atoms with Gasteiger partial charge >= 0.3 is 4.83 Å². The lowest BCUT2D eigenvalue weighted by molar-refractivity contribution is 0.105. The highest BCUT2D eigenvalue weighted by atomic mass is 79.9. The van der Waals surface area contributed by atoms with Crippen molar-refractivity contribution >= 4 is 15.9 Å². The van der Waals surface area contributed by atoms with Crippen molar-refractivity contribution in [1.29, 1.82) is 0 Å². The van der Waals surface area contributed by atoms with Crippen molar-refractivity contribution in [3.63, 3.8) is 0 Å². The lowest BCUT2D eigenvalue weighted by Crippen LogP contribution is -2.26. The molecule has 4 rings (SSSR count). The molecule has 0 aromatic heterocycles. The summed E-state index contributed by atoms with van der Waals surface area (Å²) in [6, 6.07) is 3.44. The van der Waals surface area contributed by atoms with Crippen molar-refractivity contribution < 1.29 is 26.3 Å². The molecule has 39 heavy (non-hydrogen) atoms. The summed E-state index contributed by atoms with van der Waals surface area (Å²) in [4.78, 5) is -3.94. The minimum atomic E-state index is -3.94. The average Bonchev–Trinajstić information content (AvgIpc) is 2.87. The normalized spacial score (nSPS) is 24.2. The Labute approximate surface area is 237 Å². The van der Waals surface area contributed by atoms with Gasteiger partial charge in [-0.2, -0.15) is 8.78 Å². The van der Waals surface area contributed by atoms with Gasteiger partial charge in [0.05, 0.1) is 5.56 Å². The molecule has 0 unspecified atom stereocenters. The number of halogens is 7. The first-order valence-electron chi connectivity index (χ1n) is 14.6. The molecule has 2 saturated carbocycles. The summed E-state index contributed by atoms with van der Waals surface area (Å²) >= 11 is 1.93. The van der Waals surface area contributed by atoms with E-state index in [1.54, 1.807) is 0 Å². The standard InChI is InChI=1S/C32H39BrF6/c1-2-3-4-5-20-8-12-23(13-9-20)24-14-10-21(11-15-24)6-7-22-16-26(34)30(27(35)17-22)25-18-28(36)31(29(37)19-25)32(33,38)39/h16-21,23-24H,2-15H2,1H3. The van der Waals surface area contributed by atoms with E-state index < -0.39 is 44.8 Å². The molecule has 0 saturated heterocycles. The molecule has 0 N–H and O–H groups in total. The smallest absolute Gasteiger partial charge is 0.206 e. The molecule has 216 valence electrons. The van der Waals surface area contributed by atoms with Crippen LogP contribution in [0.1, 0.15) is 102 Å². The van der Waals surface area contributed by atoms with E-state index in [4.69, 9.17) is 0 Å². The number of aryl methyl sites for hydroxylation is 1. The Morgan fingerprint density at radius 1 is 0.692 bits per heavy atom. The molecule has 0 heterocycles. The Bertz CT molecular complexity index is 1050. The fourth-order valence-corrected chi connectivity index (χ4v) is 7.36. The summed E-state index contributed by atoms with van der Waals surface area (Å²) in [5, 5.41) is 0. The van der Waals surface area contributed by atoms with Crippen LogP contribution in [-0.2, 0) is 11.3 Å². The third-order valence-corrected chi connectivity index (χ3v) is 9.62. The van der Waals surface area contributed by atoms with Crippen LogP contribution in [0.15, 0.2) is 24.3 Å². The predicted molar refractivity (Wildman–Crippen MR) is 148 cm³/mol. The molecule has 2 aromatic rings. The number of benzene rings is 2. The van der Waals surface area contributed by atoms with Crippen LogP contribution >= 0.6 is 15.9 Å². The quantitative estimate of drug-likeness (QED) is 0.141. The van der Waals surface area contributed by atoms with Crippen molar-refractivity contribution in [1.82, 2.24) is 0 Å². The number of hydrogen-bond donors (Lipinski definition) is 0. The molecule has 2 aromatic carbocycles. The zero-order valence-electron chi connectivity index (χ0n) is 22.7. The van der Waals surface area contributed by atoms with E-state index in [1.165, 1.54) is 76.3 Å². The molecular weight excluding hydrogens is 578 g/mol. The predicted octanol–water partition coefficient (Wildman–Crippen LogP) is 11.5. The van der Waals surface area contributed by atoms with Crippen molar-refractivity contribution in [2.24, 2.45) is 23.7 Å². The van der Waals surface area contributed by atoms with Crippen LogP contribution in [-0.4, -0.2) is 0 Å². The first-order chi connectivity index (χ1) is 18.6. The van der Waals surface area contributed by atoms with Gasteiger partial charge < -0.3 is 0 Å². The molecule has 7 heteroatoms. The number of alkyl halides is 3. The van der Waals surface area contributed by atoms with E-state index in [9.17, 15) is 26.3 Å². The van der Waals surface area contributed by atoms with Crippen LogP contribution < -0.4 is 0 Å². The Hall–Kier alpha value is -1.50. The second kappa shape index (κ2) is 13.4. The zero-order valence-corrected chi connectivity index (χ0v) is 24.3. The van der Waals surface area contributed by atoms with Gasteiger partial charge in [0.2, 0.25) is 0 Å². The third kappa shape index (κ3) is 7.83. The van der Waals surface area contributed by atoms with E-state index in [0.717, 1.165) is 37.0 Å². The fraction of sp³-hybridized carbons (Fsp3) is 0.625. The van der Waals surface area contributed by atoms with Gasteiger partial charge in [0.25, 0.3) is 0 Å². The summed E-state index contributed by atoms with van der Waals surface area (Å²) in [5.41, 5.74) is -2.09. The molecule has 2 aliphatic carbocycles. The van der Waals surface area contributed by atoms with Crippen LogP contribution in [0.3, 0.4) is 0 Å². The maximum absolute atomic E-state index is 14.9. The number of hydrogen-bond acceptors (Lipinski definition) is 0.